The smallest absolute Gasteiger partial charge is 0.407 e. The molecule has 0 bridgehead atoms. The zero-order valence-electron chi connectivity index (χ0n) is 26.6. The van der Waals surface area contributed by atoms with Gasteiger partial charge in [-0.2, -0.15) is 4.98 Å². The third-order valence-electron chi connectivity index (χ3n) is 6.70. The number of ether oxygens (including phenoxy) is 6. The lowest BCUT2D eigenvalue weighted by Gasteiger charge is -2.25. The first-order valence-electron chi connectivity index (χ1n) is 15.4. The summed E-state index contributed by atoms with van der Waals surface area (Å²) in [6.45, 7) is 11.4. The molecule has 4 aromatic rings. The van der Waals surface area contributed by atoms with Crippen molar-refractivity contribution in [2.24, 2.45) is 0 Å². The standard InChI is InChI=1S/C32H42N6O8/c1-32(2,3)46-31(39)34-9-13-40-14-15-41-16-17-42-18-19-43-26-5-4-24(35-21-26)23-44-25-6-7-28-27(20-25)36-30(45-28)38-12-11-37-10-8-33-29(37)22-38/h4-8,10,20-21H,9,11-19,22-23H2,1-3H3,(H,34,39). The van der Waals surface area contributed by atoms with Gasteiger partial charge in [-0.15, -0.1) is 0 Å². The van der Waals surface area contributed by atoms with Gasteiger partial charge in [-0.1, -0.05) is 0 Å². The summed E-state index contributed by atoms with van der Waals surface area (Å²) in [4.78, 5) is 27.1. The number of carbonyl (C=O) groups is 1. The summed E-state index contributed by atoms with van der Waals surface area (Å²) in [5.41, 5.74) is 1.70. The van der Waals surface area contributed by atoms with E-state index in [1.54, 1.807) is 6.20 Å². The molecule has 248 valence electrons. The number of oxazole rings is 1. The SMILES string of the molecule is CC(C)(C)OC(=O)NCCOCCOCCOCCOc1ccc(COc2ccc3oc(N4CCn5ccnc5C4)nc3c2)nc1. The molecule has 1 aromatic carbocycles. The van der Waals surface area contributed by atoms with Crippen LogP contribution in [0, 0.1) is 0 Å². The Balaban J connectivity index is 0.899. The molecular weight excluding hydrogens is 596 g/mol. The number of hydrogen-bond acceptors (Lipinski definition) is 12. The van der Waals surface area contributed by atoms with Crippen molar-refractivity contribution >= 4 is 23.2 Å². The molecule has 14 heteroatoms. The zero-order valence-corrected chi connectivity index (χ0v) is 26.6. The minimum absolute atomic E-state index is 0.308. The molecule has 0 aliphatic carbocycles. The number of nitrogens with one attached hydrogen (secondary N) is 1. The molecule has 0 atom stereocenters. The molecule has 0 radical (unpaired) electrons. The van der Waals surface area contributed by atoms with Gasteiger partial charge in [0.2, 0.25) is 0 Å². The van der Waals surface area contributed by atoms with Crippen molar-refractivity contribution in [3.63, 3.8) is 0 Å². The number of rotatable bonds is 17. The molecule has 14 nitrogen and oxygen atoms in total. The Hall–Kier alpha value is -4.40. The molecule has 1 amide bonds. The number of aromatic nitrogens is 4. The van der Waals surface area contributed by atoms with E-state index in [0.717, 1.165) is 30.1 Å². The van der Waals surface area contributed by atoms with Gasteiger partial charge in [0.1, 0.15) is 41.7 Å². The fraction of sp³-hybridized carbons (Fsp3) is 0.500. The van der Waals surface area contributed by atoms with E-state index < -0.39 is 11.7 Å². The molecule has 1 aliphatic heterocycles. The highest BCUT2D eigenvalue weighted by atomic mass is 16.6. The van der Waals surface area contributed by atoms with Crippen LogP contribution in [0.4, 0.5) is 10.8 Å². The molecule has 1 N–H and O–H groups in total. The van der Waals surface area contributed by atoms with E-state index in [-0.39, 0.29) is 0 Å². The van der Waals surface area contributed by atoms with Gasteiger partial charge in [0, 0.05) is 38.1 Å². The van der Waals surface area contributed by atoms with Gasteiger partial charge in [-0.3, -0.25) is 4.98 Å². The lowest BCUT2D eigenvalue weighted by atomic mass is 10.2. The fourth-order valence-electron chi connectivity index (χ4n) is 4.50. The summed E-state index contributed by atoms with van der Waals surface area (Å²) in [6, 6.07) is 9.92. The van der Waals surface area contributed by atoms with Crippen LogP contribution in [-0.4, -0.2) is 90.6 Å². The Morgan fingerprint density at radius 3 is 2.43 bits per heavy atom. The van der Waals surface area contributed by atoms with Gasteiger partial charge in [-0.05, 0) is 45.0 Å². The minimum Gasteiger partial charge on any atom is -0.490 e. The molecule has 0 spiro atoms. The molecule has 0 fully saturated rings. The Morgan fingerprint density at radius 1 is 0.913 bits per heavy atom. The van der Waals surface area contributed by atoms with E-state index in [0.29, 0.717) is 89.0 Å². The number of fused-ring (bicyclic) bond motifs is 2. The van der Waals surface area contributed by atoms with Crippen LogP contribution < -0.4 is 19.7 Å². The van der Waals surface area contributed by atoms with Crippen molar-refractivity contribution in [2.75, 3.05) is 64.2 Å². The number of nitrogens with zero attached hydrogens (tertiary/aromatic N) is 5. The first kappa shape index (κ1) is 33.0. The van der Waals surface area contributed by atoms with Crippen LogP contribution in [0.15, 0.2) is 53.3 Å². The van der Waals surface area contributed by atoms with Gasteiger partial charge in [-0.25, -0.2) is 9.78 Å². The summed E-state index contributed by atoms with van der Waals surface area (Å²) in [7, 11) is 0. The first-order chi connectivity index (χ1) is 22.3. The highest BCUT2D eigenvalue weighted by Gasteiger charge is 2.21. The van der Waals surface area contributed by atoms with E-state index in [1.165, 1.54) is 0 Å². The Labute approximate surface area is 267 Å². The van der Waals surface area contributed by atoms with Crippen LogP contribution in [-0.2, 0) is 38.6 Å². The minimum atomic E-state index is -0.517. The second-order valence-electron chi connectivity index (χ2n) is 11.5. The fourth-order valence-corrected chi connectivity index (χ4v) is 4.50. The van der Waals surface area contributed by atoms with Crippen molar-refractivity contribution in [2.45, 2.75) is 46.1 Å². The van der Waals surface area contributed by atoms with Crippen LogP contribution in [0.2, 0.25) is 0 Å². The summed E-state index contributed by atoms with van der Waals surface area (Å²) < 4.78 is 41.4. The second-order valence-corrected chi connectivity index (χ2v) is 11.5. The maximum absolute atomic E-state index is 11.5. The molecule has 1 aliphatic rings. The van der Waals surface area contributed by atoms with Gasteiger partial charge in [0.25, 0.3) is 6.01 Å². The zero-order chi connectivity index (χ0) is 32.2. The monoisotopic (exact) mass is 638 g/mol. The van der Waals surface area contributed by atoms with Crippen molar-refractivity contribution in [1.82, 2.24) is 24.8 Å². The number of anilines is 1. The average molecular weight is 639 g/mol. The Morgan fingerprint density at radius 2 is 1.67 bits per heavy atom. The van der Waals surface area contributed by atoms with E-state index >= 15 is 0 Å². The normalized spacial score (nSPS) is 13.1. The number of hydrogen-bond donors (Lipinski definition) is 1. The summed E-state index contributed by atoms with van der Waals surface area (Å²) in [5, 5.41) is 2.64. The molecule has 0 unspecified atom stereocenters. The van der Waals surface area contributed by atoms with Gasteiger partial charge >= 0.3 is 6.09 Å². The Bertz CT molecular complexity index is 1520. The summed E-state index contributed by atoms with van der Waals surface area (Å²) in [5.74, 6) is 2.34. The number of imidazole rings is 1. The average Bonchev–Trinajstić information content (AvgIpc) is 3.68. The van der Waals surface area contributed by atoms with E-state index in [9.17, 15) is 4.79 Å². The maximum Gasteiger partial charge on any atom is 0.407 e. The van der Waals surface area contributed by atoms with Crippen molar-refractivity contribution in [1.29, 1.82) is 0 Å². The molecular formula is C32H42N6O8. The largest absolute Gasteiger partial charge is 0.490 e. The van der Waals surface area contributed by atoms with Gasteiger partial charge < -0.3 is 47.6 Å². The van der Waals surface area contributed by atoms with E-state index in [1.807, 2.05) is 63.5 Å². The summed E-state index contributed by atoms with van der Waals surface area (Å²) in [6.07, 6.45) is 5.02. The maximum atomic E-state index is 11.5. The molecule has 5 rings (SSSR count). The predicted octanol–water partition coefficient (Wildman–Crippen LogP) is 3.97. The highest BCUT2D eigenvalue weighted by molar-refractivity contribution is 5.76. The van der Waals surface area contributed by atoms with Crippen molar-refractivity contribution in [3.8, 4) is 11.5 Å². The van der Waals surface area contributed by atoms with Crippen molar-refractivity contribution < 1.29 is 37.6 Å². The topological polar surface area (TPSA) is 144 Å². The van der Waals surface area contributed by atoms with Crippen LogP contribution in [0.3, 0.4) is 0 Å². The van der Waals surface area contributed by atoms with E-state index in [2.05, 4.69) is 29.7 Å². The summed E-state index contributed by atoms with van der Waals surface area (Å²) >= 11 is 0. The quantitative estimate of drug-likeness (QED) is 0.167. The van der Waals surface area contributed by atoms with Crippen LogP contribution in [0.25, 0.3) is 11.1 Å². The number of benzene rings is 1. The third-order valence-corrected chi connectivity index (χ3v) is 6.70. The van der Waals surface area contributed by atoms with Gasteiger partial charge in [0.15, 0.2) is 5.58 Å². The van der Waals surface area contributed by atoms with E-state index in [4.69, 9.17) is 32.8 Å². The molecule has 0 saturated heterocycles. The lowest BCUT2D eigenvalue weighted by Crippen LogP contribution is -2.34. The van der Waals surface area contributed by atoms with Crippen LogP contribution >= 0.6 is 0 Å². The highest BCUT2D eigenvalue weighted by Crippen LogP contribution is 2.28. The molecule has 0 saturated carbocycles. The molecule has 46 heavy (non-hydrogen) atoms. The number of carbonyl (C=O) groups excluding carboxylic acids is 1. The first-order valence-corrected chi connectivity index (χ1v) is 15.4. The van der Waals surface area contributed by atoms with Crippen molar-refractivity contribution in [3.05, 3.63) is 60.4 Å². The van der Waals surface area contributed by atoms with Crippen LogP contribution in [0.1, 0.15) is 32.3 Å². The second kappa shape index (κ2) is 16.2. The molecule has 4 heterocycles. The number of amides is 1. The van der Waals surface area contributed by atoms with Gasteiger partial charge in [0.05, 0.1) is 58.1 Å². The number of alkyl carbamates (subject to hydrolysis) is 1. The lowest BCUT2D eigenvalue weighted by molar-refractivity contribution is 0.00902. The van der Waals surface area contributed by atoms with Crippen LogP contribution in [0.5, 0.6) is 11.5 Å². The Kier molecular flexibility index (Phi) is 11.6. The molecule has 3 aromatic heterocycles. The third kappa shape index (κ3) is 10.3. The number of pyridine rings is 1. The predicted molar refractivity (Wildman–Crippen MR) is 168 cm³/mol.